The van der Waals surface area contributed by atoms with Gasteiger partial charge in [-0.25, -0.2) is 0 Å². The van der Waals surface area contributed by atoms with Crippen LogP contribution in [0.25, 0.3) is 0 Å². The summed E-state index contributed by atoms with van der Waals surface area (Å²) in [4.78, 5) is 0. The van der Waals surface area contributed by atoms with Crippen molar-refractivity contribution in [3.63, 3.8) is 0 Å². The van der Waals surface area contributed by atoms with Crippen molar-refractivity contribution in [3.8, 4) is 11.5 Å². The Morgan fingerprint density at radius 1 is 1.26 bits per heavy atom. The van der Waals surface area contributed by atoms with Gasteiger partial charge >= 0.3 is 0 Å². The Balaban J connectivity index is 1.95. The van der Waals surface area contributed by atoms with Gasteiger partial charge in [0.2, 0.25) is 0 Å². The van der Waals surface area contributed by atoms with Crippen molar-refractivity contribution in [2.75, 3.05) is 27.3 Å². The van der Waals surface area contributed by atoms with Crippen LogP contribution in [0.1, 0.15) is 24.0 Å². The molecule has 0 radical (unpaired) electrons. The minimum Gasteiger partial charge on any atom is -0.493 e. The maximum absolute atomic E-state index is 5.35. The first-order valence-electron chi connectivity index (χ1n) is 6.90. The highest BCUT2D eigenvalue weighted by molar-refractivity contribution is 5.46. The highest BCUT2D eigenvalue weighted by atomic mass is 16.5. The summed E-state index contributed by atoms with van der Waals surface area (Å²) in [6, 6.07) is 4.72. The molecule has 0 spiro atoms. The molecule has 1 aromatic carbocycles. The first-order valence-corrected chi connectivity index (χ1v) is 6.90. The quantitative estimate of drug-likeness (QED) is 0.823. The third kappa shape index (κ3) is 3.61. The van der Waals surface area contributed by atoms with E-state index in [9.17, 15) is 0 Å². The molecule has 4 nitrogen and oxygen atoms in total. The van der Waals surface area contributed by atoms with Crippen LogP contribution >= 0.6 is 0 Å². The molecular weight excluding hydrogens is 240 g/mol. The monoisotopic (exact) mass is 264 g/mol. The van der Waals surface area contributed by atoms with Gasteiger partial charge < -0.3 is 20.1 Å². The maximum atomic E-state index is 5.35. The van der Waals surface area contributed by atoms with Crippen molar-refractivity contribution < 1.29 is 9.47 Å². The first-order chi connectivity index (χ1) is 9.24. The largest absolute Gasteiger partial charge is 0.493 e. The Labute approximate surface area is 115 Å². The molecule has 1 heterocycles. The van der Waals surface area contributed by atoms with E-state index in [1.165, 1.54) is 24.0 Å². The summed E-state index contributed by atoms with van der Waals surface area (Å²) in [5.41, 5.74) is 2.49. The number of ether oxygens (including phenoxy) is 2. The summed E-state index contributed by atoms with van der Waals surface area (Å²) in [5, 5.41) is 7.01. The van der Waals surface area contributed by atoms with Gasteiger partial charge in [-0.1, -0.05) is 0 Å². The van der Waals surface area contributed by atoms with Crippen molar-refractivity contribution >= 4 is 0 Å². The third-order valence-electron chi connectivity index (χ3n) is 3.71. The van der Waals surface area contributed by atoms with Crippen LogP contribution < -0.4 is 20.1 Å². The molecule has 19 heavy (non-hydrogen) atoms. The summed E-state index contributed by atoms with van der Waals surface area (Å²) >= 11 is 0. The Bertz CT molecular complexity index is 415. The molecule has 0 aromatic heterocycles. The SMILES string of the molecule is COc1cc(C)c(CNCC2CCCN2)cc1OC. The second-order valence-corrected chi connectivity index (χ2v) is 5.06. The van der Waals surface area contributed by atoms with E-state index in [1.54, 1.807) is 14.2 Å². The van der Waals surface area contributed by atoms with E-state index < -0.39 is 0 Å². The molecule has 1 atom stereocenters. The standard InChI is InChI=1S/C15H24N2O2/c1-11-7-14(18-2)15(19-3)8-12(11)9-16-10-13-5-4-6-17-13/h7-8,13,16-17H,4-6,9-10H2,1-3H3. The molecule has 0 amide bonds. The first kappa shape index (κ1) is 14.2. The predicted octanol–water partition coefficient (Wildman–Crippen LogP) is 1.85. The molecule has 0 saturated carbocycles. The van der Waals surface area contributed by atoms with Gasteiger partial charge in [0, 0.05) is 19.1 Å². The van der Waals surface area contributed by atoms with E-state index in [4.69, 9.17) is 9.47 Å². The Morgan fingerprint density at radius 3 is 2.63 bits per heavy atom. The van der Waals surface area contributed by atoms with Crippen molar-refractivity contribution in [3.05, 3.63) is 23.3 Å². The van der Waals surface area contributed by atoms with Gasteiger partial charge in [-0.2, -0.15) is 0 Å². The maximum Gasteiger partial charge on any atom is 0.161 e. The summed E-state index contributed by atoms with van der Waals surface area (Å²) in [5.74, 6) is 1.59. The minimum absolute atomic E-state index is 0.625. The average Bonchev–Trinajstić information content (AvgIpc) is 2.93. The van der Waals surface area contributed by atoms with Gasteiger partial charge in [-0.05, 0) is 49.6 Å². The molecule has 1 aromatic rings. The predicted molar refractivity (Wildman–Crippen MR) is 77.0 cm³/mol. The van der Waals surface area contributed by atoms with Crippen molar-refractivity contribution in [2.24, 2.45) is 0 Å². The van der Waals surface area contributed by atoms with Crippen LogP contribution in [0.4, 0.5) is 0 Å². The van der Waals surface area contributed by atoms with Gasteiger partial charge in [-0.15, -0.1) is 0 Å². The molecule has 0 bridgehead atoms. The lowest BCUT2D eigenvalue weighted by molar-refractivity contribution is 0.354. The van der Waals surface area contributed by atoms with Crippen molar-refractivity contribution in [1.29, 1.82) is 0 Å². The van der Waals surface area contributed by atoms with Crippen LogP contribution in [-0.4, -0.2) is 33.4 Å². The number of rotatable bonds is 6. The zero-order valence-electron chi connectivity index (χ0n) is 12.1. The molecule has 2 N–H and O–H groups in total. The van der Waals surface area contributed by atoms with Crippen LogP contribution in [0, 0.1) is 6.92 Å². The second kappa shape index (κ2) is 6.78. The fourth-order valence-corrected chi connectivity index (χ4v) is 2.53. The molecular formula is C15H24N2O2. The Morgan fingerprint density at radius 2 is 2.00 bits per heavy atom. The molecule has 2 rings (SSSR count). The average molecular weight is 264 g/mol. The van der Waals surface area contributed by atoms with Gasteiger partial charge in [0.1, 0.15) is 0 Å². The number of aryl methyl sites for hydroxylation is 1. The summed E-state index contributed by atoms with van der Waals surface area (Å²) < 4.78 is 10.6. The van der Waals surface area contributed by atoms with Gasteiger partial charge in [0.05, 0.1) is 14.2 Å². The summed E-state index contributed by atoms with van der Waals surface area (Å²) in [6.45, 7) is 5.15. The van der Waals surface area contributed by atoms with Crippen LogP contribution in [-0.2, 0) is 6.54 Å². The lowest BCUT2D eigenvalue weighted by atomic mass is 10.1. The van der Waals surface area contributed by atoms with Crippen LogP contribution in [0.5, 0.6) is 11.5 Å². The normalized spacial score (nSPS) is 18.6. The summed E-state index contributed by atoms with van der Waals surface area (Å²) in [6.07, 6.45) is 2.57. The number of methoxy groups -OCH3 is 2. The molecule has 1 aliphatic rings. The lowest BCUT2D eigenvalue weighted by Gasteiger charge is -2.15. The number of hydrogen-bond acceptors (Lipinski definition) is 4. The zero-order valence-corrected chi connectivity index (χ0v) is 12.1. The topological polar surface area (TPSA) is 42.5 Å². The van der Waals surface area contributed by atoms with E-state index in [0.29, 0.717) is 6.04 Å². The fourth-order valence-electron chi connectivity index (χ4n) is 2.53. The van der Waals surface area contributed by atoms with E-state index >= 15 is 0 Å². The summed E-state index contributed by atoms with van der Waals surface area (Å²) in [7, 11) is 3.34. The molecule has 1 fully saturated rings. The third-order valence-corrected chi connectivity index (χ3v) is 3.71. The molecule has 1 aliphatic heterocycles. The molecule has 1 unspecified atom stereocenters. The smallest absolute Gasteiger partial charge is 0.161 e. The molecule has 1 saturated heterocycles. The molecule has 106 valence electrons. The van der Waals surface area contributed by atoms with E-state index in [0.717, 1.165) is 31.1 Å². The van der Waals surface area contributed by atoms with Gasteiger partial charge in [0.15, 0.2) is 11.5 Å². The minimum atomic E-state index is 0.625. The second-order valence-electron chi connectivity index (χ2n) is 5.06. The zero-order chi connectivity index (χ0) is 13.7. The highest BCUT2D eigenvalue weighted by Gasteiger charge is 2.13. The van der Waals surface area contributed by atoms with Crippen molar-refractivity contribution in [1.82, 2.24) is 10.6 Å². The van der Waals surface area contributed by atoms with Crippen LogP contribution in [0.2, 0.25) is 0 Å². The highest BCUT2D eigenvalue weighted by Crippen LogP contribution is 2.30. The Hall–Kier alpha value is -1.26. The molecule has 4 heteroatoms. The lowest BCUT2D eigenvalue weighted by Crippen LogP contribution is -2.33. The fraction of sp³-hybridized carbons (Fsp3) is 0.600. The Kier molecular flexibility index (Phi) is 5.05. The molecule has 0 aliphatic carbocycles. The van der Waals surface area contributed by atoms with Crippen LogP contribution in [0.15, 0.2) is 12.1 Å². The number of benzene rings is 1. The van der Waals surface area contributed by atoms with E-state index in [2.05, 4.69) is 23.6 Å². The number of nitrogens with one attached hydrogen (secondary N) is 2. The van der Waals surface area contributed by atoms with Gasteiger partial charge in [0.25, 0.3) is 0 Å². The van der Waals surface area contributed by atoms with Gasteiger partial charge in [-0.3, -0.25) is 0 Å². The van der Waals surface area contributed by atoms with E-state index in [1.807, 2.05) is 6.07 Å². The van der Waals surface area contributed by atoms with Crippen molar-refractivity contribution in [2.45, 2.75) is 32.4 Å². The number of hydrogen-bond donors (Lipinski definition) is 2. The van der Waals surface area contributed by atoms with Crippen LogP contribution in [0.3, 0.4) is 0 Å². The van der Waals surface area contributed by atoms with E-state index in [-0.39, 0.29) is 0 Å².